The summed E-state index contributed by atoms with van der Waals surface area (Å²) in [5.41, 5.74) is 2.34. The quantitative estimate of drug-likeness (QED) is 0.515. The molecule has 11 heteroatoms. The van der Waals surface area contributed by atoms with Crippen molar-refractivity contribution in [3.05, 3.63) is 32.9 Å². The van der Waals surface area contributed by atoms with Crippen LogP contribution >= 0.6 is 49.6 Å². The van der Waals surface area contributed by atoms with E-state index in [0.29, 0.717) is 24.5 Å². The minimum absolute atomic E-state index is 0. The van der Waals surface area contributed by atoms with E-state index in [0.717, 1.165) is 9.13 Å². The van der Waals surface area contributed by atoms with Gasteiger partial charge < -0.3 is 10.6 Å². The molecule has 8 nitrogen and oxygen atoms in total. The van der Waals surface area contributed by atoms with Crippen LogP contribution in [0.15, 0.2) is 12.4 Å². The van der Waals surface area contributed by atoms with Crippen LogP contribution in [-0.2, 0) is 0 Å². The van der Waals surface area contributed by atoms with Gasteiger partial charge in [-0.2, -0.15) is 37.2 Å². The third-order valence-electron chi connectivity index (χ3n) is 4.11. The number of nitrogens with zero attached hydrogens (tertiary/aromatic N) is 4. The van der Waals surface area contributed by atoms with Gasteiger partial charge in [-0.3, -0.25) is 19.0 Å². The summed E-state index contributed by atoms with van der Waals surface area (Å²) in [4.78, 5) is 22.7. The first-order valence-electron chi connectivity index (χ1n) is 7.73. The number of hydrogen-bond donors (Lipinski definition) is 2. The van der Waals surface area contributed by atoms with Gasteiger partial charge in [0, 0.05) is 13.1 Å². The van der Waals surface area contributed by atoms with Crippen molar-refractivity contribution in [2.75, 3.05) is 13.1 Å². The van der Waals surface area contributed by atoms with E-state index in [1.807, 2.05) is 20.8 Å². The molecule has 0 spiro atoms. The summed E-state index contributed by atoms with van der Waals surface area (Å²) in [6.07, 6.45) is 3.45. The summed E-state index contributed by atoms with van der Waals surface area (Å²) in [5.74, 6) is -0.0295. The number of amides is 2. The highest BCUT2D eigenvalue weighted by molar-refractivity contribution is 14.1. The highest BCUT2D eigenvalue weighted by Crippen LogP contribution is 2.19. The predicted molar refractivity (Wildman–Crippen MR) is 123 cm³/mol. The Balaban J connectivity index is 0.000000451. The SMILES string of the molecule is C.C[C@H]1CNC(=O)c2c(I)cnn21.Cc1cnn2c1C(=O)NC[C@@H]2C.S.S. The molecule has 0 saturated carbocycles. The van der Waals surface area contributed by atoms with Crippen molar-refractivity contribution in [3.63, 3.8) is 0 Å². The van der Waals surface area contributed by atoms with Gasteiger partial charge in [-0.25, -0.2) is 0 Å². The van der Waals surface area contributed by atoms with Gasteiger partial charge in [0.25, 0.3) is 11.8 Å². The topological polar surface area (TPSA) is 93.8 Å². The Morgan fingerprint density at radius 1 is 0.963 bits per heavy atom. The molecule has 2 amide bonds. The summed E-state index contributed by atoms with van der Waals surface area (Å²) in [7, 11) is 0. The maximum Gasteiger partial charge on any atom is 0.270 e. The molecular weight excluding hydrogens is 499 g/mol. The Hall–Kier alpha value is -1.21. The maximum absolute atomic E-state index is 11.3. The molecule has 152 valence electrons. The van der Waals surface area contributed by atoms with Gasteiger partial charge in [0.1, 0.15) is 11.4 Å². The number of aromatic nitrogens is 4. The lowest BCUT2D eigenvalue weighted by Gasteiger charge is -2.21. The summed E-state index contributed by atoms with van der Waals surface area (Å²) < 4.78 is 4.48. The Labute approximate surface area is 186 Å². The highest BCUT2D eigenvalue weighted by atomic mass is 127. The number of halogens is 1. The van der Waals surface area contributed by atoms with Crippen LogP contribution in [0, 0.1) is 10.5 Å². The fraction of sp³-hybridized carbons (Fsp3) is 0.500. The number of carbonyl (C=O) groups excluding carboxylic acids is 2. The molecule has 0 radical (unpaired) electrons. The normalized spacial score (nSPS) is 19.4. The Morgan fingerprint density at radius 2 is 1.41 bits per heavy atom. The molecule has 0 fully saturated rings. The van der Waals surface area contributed by atoms with E-state index in [4.69, 9.17) is 0 Å². The monoisotopic (exact) mass is 526 g/mol. The molecule has 2 aromatic heterocycles. The van der Waals surface area contributed by atoms with E-state index in [1.165, 1.54) is 0 Å². The molecular formula is C16H27IN6O2S2. The summed E-state index contributed by atoms with van der Waals surface area (Å²) in [6.45, 7) is 7.31. The van der Waals surface area contributed by atoms with Gasteiger partial charge in [0.15, 0.2) is 0 Å². The van der Waals surface area contributed by atoms with Gasteiger partial charge >= 0.3 is 0 Å². The van der Waals surface area contributed by atoms with Crippen molar-refractivity contribution in [2.45, 2.75) is 40.3 Å². The number of hydrogen-bond acceptors (Lipinski definition) is 4. The van der Waals surface area contributed by atoms with Gasteiger partial charge in [0.05, 0.1) is 28.0 Å². The summed E-state index contributed by atoms with van der Waals surface area (Å²) >= 11 is 2.12. The van der Waals surface area contributed by atoms with Crippen LogP contribution in [0.25, 0.3) is 0 Å². The maximum atomic E-state index is 11.3. The molecule has 2 aliphatic rings. The molecule has 0 aromatic carbocycles. The van der Waals surface area contributed by atoms with Crippen LogP contribution < -0.4 is 10.6 Å². The summed E-state index contributed by atoms with van der Waals surface area (Å²) in [6, 6.07) is 0.535. The zero-order valence-corrected chi connectivity index (χ0v) is 18.9. The largest absolute Gasteiger partial charge is 0.349 e. The number of fused-ring (bicyclic) bond motifs is 2. The van der Waals surface area contributed by atoms with Gasteiger partial charge in [-0.1, -0.05) is 7.43 Å². The van der Waals surface area contributed by atoms with Crippen LogP contribution in [-0.4, -0.2) is 44.5 Å². The molecule has 2 atom stereocenters. The van der Waals surface area contributed by atoms with Crippen molar-refractivity contribution in [3.8, 4) is 0 Å². The fourth-order valence-electron chi connectivity index (χ4n) is 2.77. The van der Waals surface area contributed by atoms with Crippen LogP contribution in [0.5, 0.6) is 0 Å². The number of aryl methyl sites for hydroxylation is 1. The minimum atomic E-state index is -0.0185. The third kappa shape index (κ3) is 4.99. The predicted octanol–water partition coefficient (Wildman–Crippen LogP) is 2.15. The van der Waals surface area contributed by atoms with Crippen LogP contribution in [0.2, 0.25) is 0 Å². The second-order valence-corrected chi connectivity index (χ2v) is 7.19. The standard InChI is InChI=1S/C8H11N3O.C7H8IN3O.CH4.2H2S/c1-5-3-10-11-6(2)4-9-8(12)7(5)11;1-4-2-9-7(12)6-5(8)3-10-11(4)6;;;/h3,6H,4H2,1-2H3,(H,9,12);3-4H,2H2,1H3,(H,9,12);1H4;2*1H2/t6-;4-;;;/m00.../s1. The van der Waals surface area contributed by atoms with E-state index in [-0.39, 0.29) is 58.3 Å². The number of carbonyl (C=O) groups is 2. The molecule has 0 aliphatic carbocycles. The van der Waals surface area contributed by atoms with Crippen molar-refractivity contribution in [1.82, 2.24) is 30.2 Å². The van der Waals surface area contributed by atoms with Crippen LogP contribution in [0.1, 0.15) is 59.9 Å². The molecule has 4 heterocycles. The fourth-order valence-corrected chi connectivity index (χ4v) is 3.39. The lowest BCUT2D eigenvalue weighted by atomic mass is 10.2. The first-order valence-corrected chi connectivity index (χ1v) is 8.81. The van der Waals surface area contributed by atoms with E-state index in [2.05, 4.69) is 43.4 Å². The molecule has 2 aliphatic heterocycles. The van der Waals surface area contributed by atoms with Crippen molar-refractivity contribution >= 4 is 61.4 Å². The van der Waals surface area contributed by atoms with Crippen molar-refractivity contribution < 1.29 is 9.59 Å². The van der Waals surface area contributed by atoms with E-state index < -0.39 is 0 Å². The summed E-state index contributed by atoms with van der Waals surface area (Å²) in [5, 5.41) is 13.9. The second kappa shape index (κ2) is 10.4. The molecule has 0 saturated heterocycles. The number of nitrogens with one attached hydrogen (secondary N) is 2. The molecule has 2 aromatic rings. The first-order chi connectivity index (χ1) is 11.4. The van der Waals surface area contributed by atoms with E-state index in [9.17, 15) is 9.59 Å². The third-order valence-corrected chi connectivity index (χ3v) is 4.90. The van der Waals surface area contributed by atoms with Gasteiger partial charge in [0.2, 0.25) is 0 Å². The highest BCUT2D eigenvalue weighted by Gasteiger charge is 2.25. The second-order valence-electron chi connectivity index (χ2n) is 6.02. The molecule has 4 rings (SSSR count). The minimum Gasteiger partial charge on any atom is -0.349 e. The Kier molecular flexibility index (Phi) is 9.90. The average Bonchev–Trinajstić information content (AvgIpc) is 3.13. The first kappa shape index (κ1) is 25.8. The Morgan fingerprint density at radius 3 is 1.89 bits per heavy atom. The zero-order chi connectivity index (χ0) is 17.4. The Bertz CT molecular complexity index is 741. The average molecular weight is 526 g/mol. The van der Waals surface area contributed by atoms with E-state index >= 15 is 0 Å². The van der Waals surface area contributed by atoms with E-state index in [1.54, 1.807) is 21.8 Å². The van der Waals surface area contributed by atoms with Crippen LogP contribution in [0.4, 0.5) is 0 Å². The molecule has 0 unspecified atom stereocenters. The lowest BCUT2D eigenvalue weighted by Crippen LogP contribution is -2.38. The van der Waals surface area contributed by atoms with Crippen LogP contribution in [0.3, 0.4) is 0 Å². The number of rotatable bonds is 0. The van der Waals surface area contributed by atoms with Crippen molar-refractivity contribution in [1.29, 1.82) is 0 Å². The van der Waals surface area contributed by atoms with Gasteiger partial charge in [-0.05, 0) is 48.9 Å². The van der Waals surface area contributed by atoms with Gasteiger partial charge in [-0.15, -0.1) is 0 Å². The van der Waals surface area contributed by atoms with Crippen molar-refractivity contribution in [2.24, 2.45) is 0 Å². The molecule has 2 N–H and O–H groups in total. The molecule has 27 heavy (non-hydrogen) atoms. The smallest absolute Gasteiger partial charge is 0.270 e. The zero-order valence-electron chi connectivity index (χ0n) is 14.7. The molecule has 0 bridgehead atoms. The lowest BCUT2D eigenvalue weighted by molar-refractivity contribution is 0.0904.